The summed E-state index contributed by atoms with van der Waals surface area (Å²) in [6.07, 6.45) is 7.58. The topological polar surface area (TPSA) is 26.3 Å². The van der Waals surface area contributed by atoms with Crippen LogP contribution in [0.15, 0.2) is 11.1 Å². The lowest BCUT2D eigenvalue weighted by Crippen LogP contribution is -2.29. The first kappa shape index (κ1) is 10.7. The molecule has 2 nitrogen and oxygen atoms in total. The maximum absolute atomic E-state index is 11.7. The van der Waals surface area contributed by atoms with Gasteiger partial charge in [-0.15, -0.1) is 0 Å². The smallest absolute Gasteiger partial charge is 0.333 e. The zero-order valence-corrected chi connectivity index (χ0v) is 9.77. The molecule has 0 unspecified atom stereocenters. The molecule has 0 radical (unpaired) electrons. The highest BCUT2D eigenvalue weighted by molar-refractivity contribution is 5.89. The Morgan fingerprint density at radius 1 is 1.33 bits per heavy atom. The van der Waals surface area contributed by atoms with E-state index < -0.39 is 0 Å². The third-order valence-electron chi connectivity index (χ3n) is 4.07. The van der Waals surface area contributed by atoms with Gasteiger partial charge in [-0.25, -0.2) is 4.79 Å². The highest BCUT2D eigenvalue weighted by atomic mass is 16.5. The molecule has 1 spiro atoms. The Morgan fingerprint density at radius 3 is 2.53 bits per heavy atom. The van der Waals surface area contributed by atoms with Gasteiger partial charge in [0, 0.05) is 5.57 Å². The molecule has 0 bridgehead atoms. The largest absolute Gasteiger partial charge is 0.463 e. The van der Waals surface area contributed by atoms with E-state index in [0.29, 0.717) is 12.0 Å². The van der Waals surface area contributed by atoms with Crippen molar-refractivity contribution in [1.29, 1.82) is 0 Å². The molecule has 0 aromatic carbocycles. The van der Waals surface area contributed by atoms with Crippen LogP contribution in [0.1, 0.15) is 52.4 Å². The molecule has 2 aliphatic carbocycles. The third-order valence-corrected chi connectivity index (χ3v) is 4.07. The molecule has 2 saturated carbocycles. The van der Waals surface area contributed by atoms with Crippen molar-refractivity contribution in [3.63, 3.8) is 0 Å². The van der Waals surface area contributed by atoms with Crippen molar-refractivity contribution >= 4 is 5.97 Å². The minimum absolute atomic E-state index is 0.0966. The zero-order chi connectivity index (χ0) is 10.9. The van der Waals surface area contributed by atoms with Gasteiger partial charge in [0.15, 0.2) is 0 Å². The normalized spacial score (nSPS) is 26.3. The molecule has 0 saturated heterocycles. The summed E-state index contributed by atoms with van der Waals surface area (Å²) < 4.78 is 5.08. The number of ether oxygens (including phenoxy) is 1. The van der Waals surface area contributed by atoms with Crippen molar-refractivity contribution in [3.8, 4) is 0 Å². The first-order valence-electron chi connectivity index (χ1n) is 6.07. The lowest BCUT2D eigenvalue weighted by Gasteiger charge is -2.40. The van der Waals surface area contributed by atoms with E-state index in [1.54, 1.807) is 0 Å². The monoisotopic (exact) mass is 208 g/mol. The minimum Gasteiger partial charge on any atom is -0.463 e. The van der Waals surface area contributed by atoms with E-state index in [0.717, 1.165) is 12.0 Å². The molecule has 0 aromatic heterocycles. The van der Waals surface area contributed by atoms with Crippen LogP contribution in [0, 0.1) is 5.41 Å². The van der Waals surface area contributed by atoms with Gasteiger partial charge in [-0.05, 0) is 51.4 Å². The predicted octanol–water partition coefficient (Wildman–Crippen LogP) is 3.22. The number of carbonyl (C=O) groups excluding carboxylic acids is 1. The second-order valence-electron chi connectivity index (χ2n) is 4.81. The van der Waals surface area contributed by atoms with Gasteiger partial charge in [-0.2, -0.15) is 0 Å². The quantitative estimate of drug-likeness (QED) is 0.514. The molecule has 2 heteroatoms. The molecule has 2 aliphatic rings. The SMILES string of the molecule is CCOC(=O)/C(C)=C1\CCCC12CCC2. The van der Waals surface area contributed by atoms with E-state index in [9.17, 15) is 4.79 Å². The van der Waals surface area contributed by atoms with Gasteiger partial charge in [-0.1, -0.05) is 12.0 Å². The van der Waals surface area contributed by atoms with Crippen molar-refractivity contribution in [2.75, 3.05) is 6.61 Å². The average Bonchev–Trinajstić information content (AvgIpc) is 2.60. The summed E-state index contributed by atoms with van der Waals surface area (Å²) in [6, 6.07) is 0. The fraction of sp³-hybridized carbons (Fsp3) is 0.769. The highest BCUT2D eigenvalue weighted by Gasteiger charge is 2.44. The van der Waals surface area contributed by atoms with Crippen molar-refractivity contribution < 1.29 is 9.53 Å². The van der Waals surface area contributed by atoms with Gasteiger partial charge in [0.1, 0.15) is 0 Å². The summed E-state index contributed by atoms with van der Waals surface area (Å²) in [4.78, 5) is 11.7. The van der Waals surface area contributed by atoms with Crippen LogP contribution in [0.2, 0.25) is 0 Å². The molecule has 0 amide bonds. The van der Waals surface area contributed by atoms with E-state index >= 15 is 0 Å². The molecular weight excluding hydrogens is 188 g/mol. The molecule has 0 heterocycles. The van der Waals surface area contributed by atoms with E-state index in [4.69, 9.17) is 4.74 Å². The van der Waals surface area contributed by atoms with E-state index in [-0.39, 0.29) is 5.97 Å². The molecule has 2 rings (SSSR count). The van der Waals surface area contributed by atoms with Crippen molar-refractivity contribution in [1.82, 2.24) is 0 Å². The number of carbonyl (C=O) groups is 1. The van der Waals surface area contributed by atoms with Crippen LogP contribution < -0.4 is 0 Å². The van der Waals surface area contributed by atoms with Gasteiger partial charge in [-0.3, -0.25) is 0 Å². The Hall–Kier alpha value is -0.790. The van der Waals surface area contributed by atoms with Crippen LogP contribution in [-0.4, -0.2) is 12.6 Å². The summed E-state index contributed by atoms with van der Waals surface area (Å²) >= 11 is 0. The van der Waals surface area contributed by atoms with Crippen molar-refractivity contribution in [2.24, 2.45) is 5.41 Å². The highest BCUT2D eigenvalue weighted by Crippen LogP contribution is 2.57. The minimum atomic E-state index is -0.0966. The average molecular weight is 208 g/mol. The third kappa shape index (κ3) is 1.70. The number of hydrogen-bond acceptors (Lipinski definition) is 2. The molecule has 2 fully saturated rings. The first-order chi connectivity index (χ1) is 7.19. The van der Waals surface area contributed by atoms with Crippen LogP contribution in [0.5, 0.6) is 0 Å². The standard InChI is InChI=1S/C13H20O2/c1-3-15-12(14)10(2)11-6-4-7-13(11)8-5-9-13/h3-9H2,1-2H3/b11-10+. The van der Waals surface area contributed by atoms with Crippen LogP contribution in [0.4, 0.5) is 0 Å². The predicted molar refractivity (Wildman–Crippen MR) is 59.5 cm³/mol. The van der Waals surface area contributed by atoms with Crippen LogP contribution >= 0.6 is 0 Å². The second kappa shape index (κ2) is 3.99. The fourth-order valence-corrected chi connectivity index (χ4v) is 3.12. The summed E-state index contributed by atoms with van der Waals surface area (Å²) in [5, 5.41) is 0. The molecular formula is C13H20O2. The molecule has 0 N–H and O–H groups in total. The van der Waals surface area contributed by atoms with Gasteiger partial charge in [0.25, 0.3) is 0 Å². The van der Waals surface area contributed by atoms with Crippen LogP contribution in [-0.2, 0) is 9.53 Å². The molecule has 0 aromatic rings. The Balaban J connectivity index is 2.19. The second-order valence-corrected chi connectivity index (χ2v) is 4.81. The molecule has 15 heavy (non-hydrogen) atoms. The number of allylic oxidation sites excluding steroid dienone is 1. The Kier molecular flexibility index (Phi) is 2.85. The molecule has 84 valence electrons. The number of esters is 1. The van der Waals surface area contributed by atoms with E-state index in [1.807, 2.05) is 13.8 Å². The van der Waals surface area contributed by atoms with Gasteiger partial charge >= 0.3 is 5.97 Å². The van der Waals surface area contributed by atoms with Crippen molar-refractivity contribution in [3.05, 3.63) is 11.1 Å². The fourth-order valence-electron chi connectivity index (χ4n) is 3.12. The number of rotatable bonds is 2. The lowest BCUT2D eigenvalue weighted by atomic mass is 9.64. The summed E-state index contributed by atoms with van der Waals surface area (Å²) in [5.41, 5.74) is 2.72. The first-order valence-corrected chi connectivity index (χ1v) is 6.07. The summed E-state index contributed by atoms with van der Waals surface area (Å²) in [7, 11) is 0. The Morgan fingerprint density at radius 2 is 2.00 bits per heavy atom. The van der Waals surface area contributed by atoms with Crippen molar-refractivity contribution in [2.45, 2.75) is 52.4 Å². The van der Waals surface area contributed by atoms with Gasteiger partial charge in [0.2, 0.25) is 0 Å². The maximum atomic E-state index is 11.7. The van der Waals surface area contributed by atoms with Crippen LogP contribution in [0.3, 0.4) is 0 Å². The lowest BCUT2D eigenvalue weighted by molar-refractivity contribution is -0.138. The maximum Gasteiger partial charge on any atom is 0.333 e. The molecule has 0 atom stereocenters. The zero-order valence-electron chi connectivity index (χ0n) is 9.77. The van der Waals surface area contributed by atoms with Gasteiger partial charge < -0.3 is 4.74 Å². The van der Waals surface area contributed by atoms with E-state index in [2.05, 4.69) is 0 Å². The van der Waals surface area contributed by atoms with E-state index in [1.165, 1.54) is 37.7 Å². The van der Waals surface area contributed by atoms with Gasteiger partial charge in [0.05, 0.1) is 6.61 Å². The van der Waals surface area contributed by atoms with Crippen LogP contribution in [0.25, 0.3) is 0 Å². The number of hydrogen-bond donors (Lipinski definition) is 0. The Labute approximate surface area is 91.7 Å². The molecule has 0 aliphatic heterocycles. The Bertz CT molecular complexity index is 298. The summed E-state index contributed by atoms with van der Waals surface area (Å²) in [5.74, 6) is -0.0966. The summed E-state index contributed by atoms with van der Waals surface area (Å²) in [6.45, 7) is 4.29.